The number of amides is 1. The van der Waals surface area contributed by atoms with Crippen molar-refractivity contribution in [3.05, 3.63) is 70.3 Å². The number of rotatable bonds is 3. The van der Waals surface area contributed by atoms with E-state index in [0.29, 0.717) is 19.6 Å². The zero-order chi connectivity index (χ0) is 20.7. The highest BCUT2D eigenvalue weighted by Gasteiger charge is 2.43. The van der Waals surface area contributed by atoms with E-state index >= 15 is 0 Å². The maximum absolute atomic E-state index is 13.2. The molecule has 2 aliphatic heterocycles. The summed E-state index contributed by atoms with van der Waals surface area (Å²) in [6.07, 6.45) is 4.39. The second kappa shape index (κ2) is 7.40. The molecule has 1 aromatic carbocycles. The Bertz CT molecular complexity index is 1070. The number of ether oxygens (including phenoxy) is 1. The fraction of sp³-hybridized carbons (Fsp3) is 0.435. The first-order valence-electron chi connectivity index (χ1n) is 10.6. The van der Waals surface area contributed by atoms with Crippen molar-refractivity contribution in [1.29, 1.82) is 0 Å². The summed E-state index contributed by atoms with van der Waals surface area (Å²) in [5.74, 6) is 0.0840. The van der Waals surface area contributed by atoms with Crippen LogP contribution in [0.1, 0.15) is 51.4 Å². The van der Waals surface area contributed by atoms with Crippen LogP contribution in [0.5, 0.6) is 0 Å². The van der Waals surface area contributed by atoms with E-state index in [1.807, 2.05) is 47.0 Å². The summed E-state index contributed by atoms with van der Waals surface area (Å²) in [5.41, 5.74) is 5.97. The Hall–Kier alpha value is -2.93. The highest BCUT2D eigenvalue weighted by molar-refractivity contribution is 5.94. The Balaban J connectivity index is 1.29. The Morgan fingerprint density at radius 2 is 2.07 bits per heavy atom. The zero-order valence-electron chi connectivity index (χ0n) is 17.5. The van der Waals surface area contributed by atoms with E-state index in [-0.39, 0.29) is 11.5 Å². The summed E-state index contributed by atoms with van der Waals surface area (Å²) in [6, 6.07) is 9.97. The van der Waals surface area contributed by atoms with Gasteiger partial charge in [0.1, 0.15) is 5.60 Å². The number of likely N-dealkylation sites (tertiary alicyclic amines) is 1. The normalized spacial score (nSPS) is 17.9. The quantitative estimate of drug-likeness (QED) is 0.727. The average molecular weight is 406 g/mol. The molecule has 0 bridgehead atoms. The first-order valence-corrected chi connectivity index (χ1v) is 10.6. The van der Waals surface area contributed by atoms with Crippen LogP contribution < -0.4 is 0 Å². The molecule has 156 valence electrons. The first kappa shape index (κ1) is 19.1. The molecule has 7 nitrogen and oxygen atoms in total. The average Bonchev–Trinajstić information content (AvgIpc) is 3.35. The van der Waals surface area contributed by atoms with Gasteiger partial charge >= 0.3 is 0 Å². The largest absolute Gasteiger partial charge is 0.368 e. The van der Waals surface area contributed by atoms with E-state index in [1.54, 1.807) is 0 Å². The highest BCUT2D eigenvalue weighted by atomic mass is 16.5. The van der Waals surface area contributed by atoms with Gasteiger partial charge in [-0.3, -0.25) is 14.6 Å². The lowest BCUT2D eigenvalue weighted by molar-refractivity contribution is -0.0962. The van der Waals surface area contributed by atoms with Crippen molar-refractivity contribution >= 4 is 5.91 Å². The van der Waals surface area contributed by atoms with Crippen LogP contribution in [-0.2, 0) is 23.3 Å². The minimum Gasteiger partial charge on any atom is -0.368 e. The molecule has 0 atom stereocenters. The number of aromatic amines is 1. The molecule has 1 saturated heterocycles. The molecule has 0 unspecified atom stereocenters. The molecule has 4 heterocycles. The van der Waals surface area contributed by atoms with Gasteiger partial charge in [-0.05, 0) is 62.4 Å². The van der Waals surface area contributed by atoms with Crippen molar-refractivity contribution in [1.82, 2.24) is 24.9 Å². The Kier molecular flexibility index (Phi) is 4.70. The van der Waals surface area contributed by atoms with Gasteiger partial charge in [0, 0.05) is 24.3 Å². The zero-order valence-corrected chi connectivity index (χ0v) is 17.5. The van der Waals surface area contributed by atoms with Gasteiger partial charge in [0.05, 0.1) is 30.7 Å². The van der Waals surface area contributed by atoms with Crippen LogP contribution in [0.25, 0.3) is 0 Å². The van der Waals surface area contributed by atoms with E-state index in [0.717, 1.165) is 54.1 Å². The van der Waals surface area contributed by atoms with Gasteiger partial charge < -0.3 is 9.64 Å². The standard InChI is InChI=1S/C23H27N5O2/c1-16-12-17(2)28(26-16)15-18-4-3-5-19(13-18)22(29)27-9-7-23(8-10-27)21-20(6-11-30-23)14-24-25-21/h3-5,12-14H,6-11,15H2,1-2H3,(H,24,25). The Morgan fingerprint density at radius 3 is 2.83 bits per heavy atom. The molecule has 0 aliphatic carbocycles. The van der Waals surface area contributed by atoms with Gasteiger partial charge in [-0.25, -0.2) is 0 Å². The van der Waals surface area contributed by atoms with Crippen LogP contribution in [0, 0.1) is 13.8 Å². The number of benzene rings is 1. The molecule has 1 amide bonds. The Labute approximate surface area is 176 Å². The van der Waals surface area contributed by atoms with Gasteiger partial charge in [0.15, 0.2) is 0 Å². The number of fused-ring (bicyclic) bond motifs is 2. The van der Waals surface area contributed by atoms with Crippen molar-refractivity contribution in [2.75, 3.05) is 19.7 Å². The summed E-state index contributed by atoms with van der Waals surface area (Å²) in [6.45, 7) is 6.79. The Morgan fingerprint density at radius 1 is 1.23 bits per heavy atom. The van der Waals surface area contributed by atoms with Crippen molar-refractivity contribution < 1.29 is 9.53 Å². The molecule has 5 rings (SSSR count). The molecule has 0 saturated carbocycles. The number of aryl methyl sites for hydroxylation is 2. The molecular weight excluding hydrogens is 378 g/mol. The van der Waals surface area contributed by atoms with E-state index in [4.69, 9.17) is 4.74 Å². The molecule has 2 aliphatic rings. The van der Waals surface area contributed by atoms with Gasteiger partial charge in [-0.2, -0.15) is 10.2 Å². The number of H-pyrrole nitrogens is 1. The van der Waals surface area contributed by atoms with E-state index in [1.165, 1.54) is 5.56 Å². The van der Waals surface area contributed by atoms with Crippen LogP contribution >= 0.6 is 0 Å². The third kappa shape index (κ3) is 3.33. The SMILES string of the molecule is Cc1cc(C)n(Cc2cccc(C(=O)N3CCC4(CC3)OCCc3cn[nH]c34)c2)n1. The molecular formula is C23H27N5O2. The van der Waals surface area contributed by atoms with E-state index in [2.05, 4.69) is 28.3 Å². The van der Waals surface area contributed by atoms with Crippen molar-refractivity contribution in [3.8, 4) is 0 Å². The minimum absolute atomic E-state index is 0.0840. The molecule has 2 aromatic heterocycles. The number of aromatic nitrogens is 4. The molecule has 0 radical (unpaired) electrons. The predicted octanol–water partition coefficient (Wildman–Crippen LogP) is 2.98. The van der Waals surface area contributed by atoms with Crippen LogP contribution in [0.15, 0.2) is 36.5 Å². The van der Waals surface area contributed by atoms with Crippen molar-refractivity contribution in [3.63, 3.8) is 0 Å². The lowest BCUT2D eigenvalue weighted by atomic mass is 9.83. The third-order valence-corrected chi connectivity index (χ3v) is 6.39. The van der Waals surface area contributed by atoms with Crippen LogP contribution in [0.4, 0.5) is 0 Å². The summed E-state index contributed by atoms with van der Waals surface area (Å²) in [5, 5.41) is 11.9. The lowest BCUT2D eigenvalue weighted by Gasteiger charge is -2.43. The summed E-state index contributed by atoms with van der Waals surface area (Å²) in [7, 11) is 0. The van der Waals surface area contributed by atoms with Gasteiger partial charge in [-0.1, -0.05) is 12.1 Å². The van der Waals surface area contributed by atoms with Crippen LogP contribution in [0.3, 0.4) is 0 Å². The first-order chi connectivity index (χ1) is 14.5. The highest BCUT2D eigenvalue weighted by Crippen LogP contribution is 2.40. The van der Waals surface area contributed by atoms with Crippen molar-refractivity contribution in [2.24, 2.45) is 0 Å². The number of nitrogens with zero attached hydrogens (tertiary/aromatic N) is 4. The molecule has 1 spiro atoms. The smallest absolute Gasteiger partial charge is 0.253 e. The minimum atomic E-state index is -0.321. The van der Waals surface area contributed by atoms with E-state index < -0.39 is 0 Å². The molecule has 7 heteroatoms. The van der Waals surface area contributed by atoms with Crippen molar-refractivity contribution in [2.45, 2.75) is 45.3 Å². The number of piperidine rings is 1. The summed E-state index contributed by atoms with van der Waals surface area (Å²) >= 11 is 0. The summed E-state index contributed by atoms with van der Waals surface area (Å²) in [4.78, 5) is 15.1. The third-order valence-electron chi connectivity index (χ3n) is 6.39. The van der Waals surface area contributed by atoms with Gasteiger partial charge in [-0.15, -0.1) is 0 Å². The molecule has 3 aromatic rings. The molecule has 30 heavy (non-hydrogen) atoms. The number of hydrogen-bond acceptors (Lipinski definition) is 4. The van der Waals surface area contributed by atoms with Crippen LogP contribution in [0.2, 0.25) is 0 Å². The number of hydrogen-bond donors (Lipinski definition) is 1. The lowest BCUT2D eigenvalue weighted by Crippen LogP contribution is -2.48. The van der Waals surface area contributed by atoms with Gasteiger partial charge in [0.25, 0.3) is 5.91 Å². The maximum atomic E-state index is 13.2. The number of nitrogens with one attached hydrogen (secondary N) is 1. The second-order valence-corrected chi connectivity index (χ2v) is 8.44. The van der Waals surface area contributed by atoms with Crippen LogP contribution in [-0.4, -0.2) is 50.5 Å². The molecule has 1 fully saturated rings. The number of carbonyl (C=O) groups is 1. The maximum Gasteiger partial charge on any atom is 0.253 e. The monoisotopic (exact) mass is 405 g/mol. The van der Waals surface area contributed by atoms with Gasteiger partial charge in [0.2, 0.25) is 0 Å². The summed E-state index contributed by atoms with van der Waals surface area (Å²) < 4.78 is 8.18. The van der Waals surface area contributed by atoms with E-state index in [9.17, 15) is 4.79 Å². The fourth-order valence-corrected chi connectivity index (χ4v) is 4.78. The topological polar surface area (TPSA) is 76.0 Å². The predicted molar refractivity (Wildman–Crippen MR) is 112 cm³/mol. The second-order valence-electron chi connectivity index (χ2n) is 8.44. The molecule has 1 N–H and O–H groups in total. The fourth-order valence-electron chi connectivity index (χ4n) is 4.78. The number of carbonyl (C=O) groups excluding carboxylic acids is 1.